The maximum absolute atomic E-state index is 12.9. The number of halogens is 3. The molecule has 1 aliphatic carbocycles. The van der Waals surface area contributed by atoms with Gasteiger partial charge in [-0.05, 0) is 61.4 Å². The van der Waals surface area contributed by atoms with Crippen LogP contribution in [0, 0.1) is 0 Å². The Balaban J connectivity index is 1.31. The molecule has 0 radical (unpaired) electrons. The van der Waals surface area contributed by atoms with Gasteiger partial charge in [-0.1, -0.05) is 6.07 Å². The monoisotopic (exact) mass is 480 g/mol. The van der Waals surface area contributed by atoms with E-state index in [1.165, 1.54) is 29.1 Å². The minimum Gasteiger partial charge on any atom is -0.457 e. The van der Waals surface area contributed by atoms with Crippen LogP contribution in [0.5, 0.6) is 11.5 Å². The number of carbonyl (C=O) groups is 2. The zero-order chi connectivity index (χ0) is 24.6. The van der Waals surface area contributed by atoms with Crippen LogP contribution in [-0.4, -0.2) is 27.5 Å². The van der Waals surface area contributed by atoms with Crippen molar-refractivity contribution < 1.29 is 27.5 Å². The smallest absolute Gasteiger partial charge is 0.416 e. The van der Waals surface area contributed by atoms with Crippen molar-refractivity contribution in [3.63, 3.8) is 0 Å². The first kappa shape index (κ1) is 22.5. The number of hydrogen-bond donors (Lipinski definition) is 2. The molecule has 1 saturated carbocycles. The SMILES string of the molecule is O=C(NC1CC1)c1cc(Oc2ccc3c(ccn3C(=O)Nc3cccc(C(F)(F)F)c3)c2)ccn1. The number of ether oxygens (including phenoxy) is 1. The molecular weight excluding hydrogens is 461 g/mol. The number of pyridine rings is 1. The maximum atomic E-state index is 12.9. The second-order valence-corrected chi connectivity index (χ2v) is 8.14. The molecule has 7 nitrogen and oxygen atoms in total. The summed E-state index contributed by atoms with van der Waals surface area (Å²) in [6, 6.07) is 14.0. The van der Waals surface area contributed by atoms with Gasteiger partial charge in [0.15, 0.2) is 0 Å². The van der Waals surface area contributed by atoms with Gasteiger partial charge in [0, 0.05) is 35.6 Å². The molecule has 2 aromatic heterocycles. The molecule has 5 rings (SSSR count). The van der Waals surface area contributed by atoms with E-state index >= 15 is 0 Å². The van der Waals surface area contributed by atoms with Crippen molar-refractivity contribution in [2.75, 3.05) is 5.32 Å². The van der Waals surface area contributed by atoms with E-state index in [9.17, 15) is 22.8 Å². The number of nitrogens with one attached hydrogen (secondary N) is 2. The highest BCUT2D eigenvalue weighted by Crippen LogP contribution is 2.31. The number of rotatable bonds is 5. The van der Waals surface area contributed by atoms with Crippen LogP contribution in [0.2, 0.25) is 0 Å². The highest BCUT2D eigenvalue weighted by molar-refractivity contribution is 5.99. The largest absolute Gasteiger partial charge is 0.457 e. The molecule has 2 aromatic carbocycles. The molecular formula is C25H19F3N4O3. The van der Waals surface area contributed by atoms with Crippen molar-refractivity contribution in [2.45, 2.75) is 25.1 Å². The summed E-state index contributed by atoms with van der Waals surface area (Å²) in [5.41, 5.74) is -0.0152. The van der Waals surface area contributed by atoms with Gasteiger partial charge < -0.3 is 15.4 Å². The molecule has 0 spiro atoms. The van der Waals surface area contributed by atoms with E-state index < -0.39 is 17.8 Å². The highest BCUT2D eigenvalue weighted by atomic mass is 19.4. The Kier molecular flexibility index (Phi) is 5.64. The van der Waals surface area contributed by atoms with Crippen molar-refractivity contribution in [1.29, 1.82) is 0 Å². The van der Waals surface area contributed by atoms with Crippen LogP contribution >= 0.6 is 0 Å². The summed E-state index contributed by atoms with van der Waals surface area (Å²) in [4.78, 5) is 29.0. The Morgan fingerprint density at radius 2 is 1.80 bits per heavy atom. The third-order valence-electron chi connectivity index (χ3n) is 5.43. The van der Waals surface area contributed by atoms with Gasteiger partial charge >= 0.3 is 12.2 Å². The lowest BCUT2D eigenvalue weighted by Gasteiger charge is -2.11. The first-order chi connectivity index (χ1) is 16.8. The fourth-order valence-corrected chi connectivity index (χ4v) is 3.54. The molecule has 0 atom stereocenters. The summed E-state index contributed by atoms with van der Waals surface area (Å²) < 4.78 is 46.0. The molecule has 2 N–H and O–H groups in total. The van der Waals surface area contributed by atoms with Gasteiger partial charge in [-0.15, -0.1) is 0 Å². The molecule has 1 fully saturated rings. The number of amides is 2. The Labute approximate surface area is 197 Å². The minimum atomic E-state index is -4.51. The van der Waals surface area contributed by atoms with Crippen molar-refractivity contribution >= 4 is 28.5 Å². The molecule has 4 aromatic rings. The number of carbonyl (C=O) groups excluding carboxylic acids is 2. The highest BCUT2D eigenvalue weighted by Gasteiger charge is 2.30. The number of benzene rings is 2. The first-order valence-corrected chi connectivity index (χ1v) is 10.8. The number of hydrogen-bond acceptors (Lipinski definition) is 4. The zero-order valence-electron chi connectivity index (χ0n) is 18.2. The van der Waals surface area contributed by atoms with Gasteiger partial charge in [0.25, 0.3) is 5.91 Å². The second-order valence-electron chi connectivity index (χ2n) is 8.14. The lowest BCUT2D eigenvalue weighted by atomic mass is 10.2. The van der Waals surface area contributed by atoms with Crippen LogP contribution in [0.1, 0.15) is 28.9 Å². The van der Waals surface area contributed by atoms with E-state index in [-0.39, 0.29) is 23.3 Å². The van der Waals surface area contributed by atoms with Crippen LogP contribution in [-0.2, 0) is 6.18 Å². The Hall–Kier alpha value is -4.34. The van der Waals surface area contributed by atoms with Crippen molar-refractivity contribution in [3.05, 3.63) is 84.3 Å². The maximum Gasteiger partial charge on any atom is 0.416 e. The van der Waals surface area contributed by atoms with E-state index in [4.69, 9.17) is 4.74 Å². The second kappa shape index (κ2) is 8.79. The van der Waals surface area contributed by atoms with Crippen LogP contribution in [0.3, 0.4) is 0 Å². The Bertz CT molecular complexity index is 1430. The molecule has 178 valence electrons. The van der Waals surface area contributed by atoms with E-state index in [0.717, 1.165) is 25.0 Å². The molecule has 0 bridgehead atoms. The van der Waals surface area contributed by atoms with E-state index in [2.05, 4.69) is 15.6 Å². The molecule has 1 aliphatic rings. The fourth-order valence-electron chi connectivity index (χ4n) is 3.54. The summed E-state index contributed by atoms with van der Waals surface area (Å²) in [7, 11) is 0. The fraction of sp³-hybridized carbons (Fsp3) is 0.160. The zero-order valence-corrected chi connectivity index (χ0v) is 18.2. The van der Waals surface area contributed by atoms with Gasteiger partial charge in [0.05, 0.1) is 11.1 Å². The quantitative estimate of drug-likeness (QED) is 0.377. The Morgan fingerprint density at radius 3 is 2.57 bits per heavy atom. The number of aromatic nitrogens is 2. The summed E-state index contributed by atoms with van der Waals surface area (Å²) in [6.45, 7) is 0. The van der Waals surface area contributed by atoms with Gasteiger partial charge in [0.1, 0.15) is 17.2 Å². The summed E-state index contributed by atoms with van der Waals surface area (Å²) in [6.07, 6.45) is 0.446. The average molecular weight is 480 g/mol. The van der Waals surface area contributed by atoms with Crippen LogP contribution in [0.25, 0.3) is 10.9 Å². The molecule has 0 aliphatic heterocycles. The van der Waals surface area contributed by atoms with E-state index in [1.54, 1.807) is 36.4 Å². The van der Waals surface area contributed by atoms with E-state index in [0.29, 0.717) is 22.4 Å². The summed E-state index contributed by atoms with van der Waals surface area (Å²) in [5.74, 6) is 0.660. The minimum absolute atomic E-state index is 0.0332. The molecule has 35 heavy (non-hydrogen) atoms. The van der Waals surface area contributed by atoms with Crippen molar-refractivity contribution in [3.8, 4) is 11.5 Å². The Morgan fingerprint density at radius 1 is 1.00 bits per heavy atom. The first-order valence-electron chi connectivity index (χ1n) is 10.8. The predicted octanol–water partition coefficient (Wildman–Crippen LogP) is 5.82. The van der Waals surface area contributed by atoms with Crippen LogP contribution in [0.4, 0.5) is 23.7 Å². The van der Waals surface area contributed by atoms with E-state index in [1.807, 2.05) is 0 Å². The van der Waals surface area contributed by atoms with Gasteiger partial charge in [-0.25, -0.2) is 4.79 Å². The number of anilines is 1. The summed E-state index contributed by atoms with van der Waals surface area (Å²) in [5, 5.41) is 6.04. The lowest BCUT2D eigenvalue weighted by molar-refractivity contribution is -0.137. The molecule has 2 amide bonds. The molecule has 0 unspecified atom stereocenters. The normalized spacial score (nSPS) is 13.5. The van der Waals surface area contributed by atoms with Gasteiger partial charge in [0.2, 0.25) is 0 Å². The topological polar surface area (TPSA) is 85.2 Å². The van der Waals surface area contributed by atoms with Crippen molar-refractivity contribution in [1.82, 2.24) is 14.9 Å². The number of alkyl halides is 3. The number of fused-ring (bicyclic) bond motifs is 1. The predicted molar refractivity (Wildman–Crippen MR) is 123 cm³/mol. The molecule has 2 heterocycles. The lowest BCUT2D eigenvalue weighted by Crippen LogP contribution is -2.26. The standard InChI is InChI=1S/C25H19F3N4O3/c26-25(27,28)16-2-1-3-18(13-16)31-24(34)32-11-9-15-12-19(6-7-22(15)32)35-20-8-10-29-21(14-20)23(33)30-17-4-5-17/h1-3,6-14,17H,4-5H2,(H,30,33)(H,31,34). The van der Waals surface area contributed by atoms with Gasteiger partial charge in [-0.3, -0.25) is 14.3 Å². The van der Waals surface area contributed by atoms with Gasteiger partial charge in [-0.2, -0.15) is 13.2 Å². The molecule has 0 saturated heterocycles. The third kappa shape index (κ3) is 5.11. The van der Waals surface area contributed by atoms with Crippen LogP contribution in [0.15, 0.2) is 73.1 Å². The third-order valence-corrected chi connectivity index (χ3v) is 5.43. The van der Waals surface area contributed by atoms with Crippen molar-refractivity contribution in [2.24, 2.45) is 0 Å². The average Bonchev–Trinajstić information content (AvgIpc) is 3.54. The number of nitrogens with zero attached hydrogens (tertiary/aromatic N) is 2. The summed E-state index contributed by atoms with van der Waals surface area (Å²) >= 11 is 0. The molecule has 10 heteroatoms. The van der Waals surface area contributed by atoms with Crippen LogP contribution < -0.4 is 15.4 Å².